The van der Waals surface area contributed by atoms with E-state index in [1.54, 1.807) is 27.7 Å². The van der Waals surface area contributed by atoms with Crippen LogP contribution >= 0.6 is 0 Å². The first-order chi connectivity index (χ1) is 25.4. The second-order valence-electron chi connectivity index (χ2n) is 13.7. The predicted molar refractivity (Wildman–Crippen MR) is 204 cm³/mol. The summed E-state index contributed by atoms with van der Waals surface area (Å²) in [5, 5.41) is 37.7. The number of carbonyl (C=O) groups is 6. The number of anilines is 2. The summed E-state index contributed by atoms with van der Waals surface area (Å²) in [5.41, 5.74) is 5.84. The van der Waals surface area contributed by atoms with E-state index in [9.17, 15) is 49.2 Å². The fourth-order valence-corrected chi connectivity index (χ4v) is 6.98. The van der Waals surface area contributed by atoms with Gasteiger partial charge in [-0.05, 0) is 63.8 Å². The summed E-state index contributed by atoms with van der Waals surface area (Å²) in [5.74, 6) is -6.08. The van der Waals surface area contributed by atoms with Crippen molar-refractivity contribution in [1.29, 1.82) is 0 Å². The van der Waals surface area contributed by atoms with Crippen LogP contribution in [0.5, 0.6) is 0 Å². The molecule has 16 nitrogen and oxygen atoms in total. The van der Waals surface area contributed by atoms with Gasteiger partial charge in [0, 0.05) is 26.2 Å². The number of benzene rings is 2. The van der Waals surface area contributed by atoms with Crippen molar-refractivity contribution < 1.29 is 58.7 Å². The second-order valence-corrected chi connectivity index (χ2v) is 13.7. The maximum absolute atomic E-state index is 13.1. The van der Waals surface area contributed by atoms with Crippen molar-refractivity contribution in [3.8, 4) is 0 Å². The number of aryl methyl sites for hydroxylation is 6. The first-order valence-corrected chi connectivity index (χ1v) is 17.7. The Labute approximate surface area is 337 Å². The average molecular weight is 781 g/mol. The Morgan fingerprint density at radius 3 is 1.07 bits per heavy atom. The van der Waals surface area contributed by atoms with Gasteiger partial charge in [-0.15, -0.1) is 0 Å². The summed E-state index contributed by atoms with van der Waals surface area (Å²) in [6.45, 7) is 15.3. The number of carboxylic acid groups (broad SMARTS) is 4. The number of morpholine rings is 2. The Hall–Kier alpha value is -4.13. The number of amides is 2. The molecule has 0 radical (unpaired) electrons. The molecule has 0 saturated carbocycles. The molecule has 4 N–H and O–H groups in total. The molecule has 0 bridgehead atoms. The summed E-state index contributed by atoms with van der Waals surface area (Å²) < 4.78 is 10.6. The van der Waals surface area contributed by atoms with Crippen LogP contribution in [0.25, 0.3) is 0 Å². The third-order valence-electron chi connectivity index (χ3n) is 9.14. The van der Waals surface area contributed by atoms with Gasteiger partial charge >= 0.3 is 46.9 Å². The number of aliphatic carboxylic acids is 4. The van der Waals surface area contributed by atoms with Crippen LogP contribution in [-0.2, 0) is 38.2 Å². The van der Waals surface area contributed by atoms with E-state index in [1.165, 1.54) is 0 Å². The third kappa shape index (κ3) is 13.5. The van der Waals surface area contributed by atoms with E-state index in [0.29, 0.717) is 64.0 Å². The van der Waals surface area contributed by atoms with Gasteiger partial charge in [-0.2, -0.15) is 0 Å². The number of rotatable bonds is 14. The van der Waals surface area contributed by atoms with Crippen LogP contribution in [-0.4, -0.2) is 167 Å². The summed E-state index contributed by atoms with van der Waals surface area (Å²) >= 11 is 0. The smallest absolute Gasteiger partial charge is 0.481 e. The van der Waals surface area contributed by atoms with Crippen LogP contribution in [0.4, 0.5) is 11.4 Å². The first kappa shape index (κ1) is 47.0. The molecule has 2 saturated heterocycles. The maximum atomic E-state index is 13.1. The normalized spacial score (nSPS) is 15.7. The van der Waals surface area contributed by atoms with Gasteiger partial charge in [0.25, 0.3) is 0 Å². The monoisotopic (exact) mass is 780 g/mol. The second kappa shape index (κ2) is 21.8. The molecule has 2 aliphatic heterocycles. The van der Waals surface area contributed by atoms with E-state index in [4.69, 9.17) is 9.47 Å². The van der Waals surface area contributed by atoms with Gasteiger partial charge in [-0.1, -0.05) is 35.4 Å². The SMILES string of the molecule is Cc1cc(C)c(N(C(=O)CN2CCOCC2)[C@H](CC(=O)O)C(=O)O)c(C)c1.Cc1cc(C)c(N(C(=O)CN2CCOCC2)[C@H](CC(=O)O)C(=O)O)c(C)c1.[Mg+2]. The minimum absolute atomic E-state index is 0. The van der Waals surface area contributed by atoms with Gasteiger partial charge in [0.15, 0.2) is 0 Å². The zero-order valence-corrected chi connectivity index (χ0v) is 33.9. The van der Waals surface area contributed by atoms with Crippen molar-refractivity contribution in [2.75, 3.05) is 75.5 Å². The summed E-state index contributed by atoms with van der Waals surface area (Å²) in [7, 11) is 0. The van der Waals surface area contributed by atoms with Crippen LogP contribution < -0.4 is 9.80 Å². The first-order valence-electron chi connectivity index (χ1n) is 17.7. The fraction of sp³-hybridized carbons (Fsp3) is 0.526. The van der Waals surface area contributed by atoms with Crippen LogP contribution in [0, 0.1) is 41.5 Å². The van der Waals surface area contributed by atoms with Crippen molar-refractivity contribution in [2.24, 2.45) is 0 Å². The molecule has 55 heavy (non-hydrogen) atoms. The zero-order valence-electron chi connectivity index (χ0n) is 32.5. The van der Waals surface area contributed by atoms with Gasteiger partial charge in [-0.3, -0.25) is 38.8 Å². The van der Waals surface area contributed by atoms with Gasteiger partial charge in [0.2, 0.25) is 11.8 Å². The quantitative estimate of drug-likeness (QED) is 0.202. The van der Waals surface area contributed by atoms with E-state index in [2.05, 4.69) is 0 Å². The van der Waals surface area contributed by atoms with Crippen molar-refractivity contribution in [1.82, 2.24) is 9.80 Å². The van der Waals surface area contributed by atoms with Crippen molar-refractivity contribution in [2.45, 2.75) is 66.5 Å². The summed E-state index contributed by atoms with van der Waals surface area (Å²) in [6.07, 6.45) is -1.34. The molecule has 2 atom stereocenters. The number of hydrogen-bond donors (Lipinski definition) is 4. The van der Waals surface area contributed by atoms with Crippen molar-refractivity contribution >= 4 is 70.1 Å². The van der Waals surface area contributed by atoms with Crippen molar-refractivity contribution in [3.63, 3.8) is 0 Å². The molecule has 0 aliphatic carbocycles. The number of ether oxygens (including phenoxy) is 2. The van der Waals surface area contributed by atoms with E-state index in [0.717, 1.165) is 43.2 Å². The van der Waals surface area contributed by atoms with Gasteiger partial charge < -0.3 is 29.9 Å². The van der Waals surface area contributed by atoms with E-state index in [-0.39, 0.29) is 36.1 Å². The van der Waals surface area contributed by atoms with Crippen LogP contribution in [0.3, 0.4) is 0 Å². The number of carbonyl (C=O) groups excluding carboxylic acids is 2. The molecule has 4 rings (SSSR count). The summed E-state index contributed by atoms with van der Waals surface area (Å²) in [4.78, 5) is 78.5. The van der Waals surface area contributed by atoms with E-state index >= 15 is 0 Å². The molecule has 2 aromatic rings. The molecule has 2 aromatic carbocycles. The molecule has 0 spiro atoms. The summed E-state index contributed by atoms with van der Waals surface area (Å²) in [6, 6.07) is 4.48. The van der Waals surface area contributed by atoms with Gasteiger partial charge in [0.05, 0.1) is 63.7 Å². The van der Waals surface area contributed by atoms with Crippen LogP contribution in [0.15, 0.2) is 24.3 Å². The number of nitrogens with zero attached hydrogens (tertiary/aromatic N) is 4. The Morgan fingerprint density at radius 1 is 0.564 bits per heavy atom. The van der Waals surface area contributed by atoms with E-state index < -0.39 is 60.6 Å². The fourth-order valence-electron chi connectivity index (χ4n) is 6.98. The molecule has 0 aromatic heterocycles. The van der Waals surface area contributed by atoms with Crippen LogP contribution in [0.2, 0.25) is 0 Å². The molecule has 296 valence electrons. The minimum atomic E-state index is -1.48. The Morgan fingerprint density at radius 2 is 0.836 bits per heavy atom. The third-order valence-corrected chi connectivity index (χ3v) is 9.14. The van der Waals surface area contributed by atoms with Gasteiger partial charge in [0.1, 0.15) is 12.1 Å². The Balaban J connectivity index is 0.000000373. The molecule has 2 aliphatic rings. The molecular weight excluding hydrogens is 729 g/mol. The maximum Gasteiger partial charge on any atom is 2.00 e. The van der Waals surface area contributed by atoms with Crippen molar-refractivity contribution in [3.05, 3.63) is 57.6 Å². The standard InChI is InChI=1S/2C19H26N2O6.Mg/c2*1-12-8-13(2)18(14(3)9-12)21(15(19(25)26)10-17(23)24)16(22)11-20-4-6-27-7-5-20;/h2*8-9,15H,4-7,10-11H2,1-3H3,(H,23,24)(H,25,26);/q;;+2/t2*15-;/m11./s1. The minimum Gasteiger partial charge on any atom is -0.481 e. The van der Waals surface area contributed by atoms with Crippen LogP contribution in [0.1, 0.15) is 46.2 Å². The molecule has 2 fully saturated rings. The predicted octanol–water partition coefficient (Wildman–Crippen LogP) is 2.03. The Kier molecular flexibility index (Phi) is 18.7. The number of carboxylic acids is 4. The zero-order chi connectivity index (χ0) is 40.3. The molecule has 17 heteroatoms. The van der Waals surface area contributed by atoms with Gasteiger partial charge in [-0.25, -0.2) is 9.59 Å². The topological polar surface area (TPSA) is 215 Å². The Bertz CT molecular complexity index is 1540. The molecular formula is C38H52MgN4O12+2. The largest absolute Gasteiger partial charge is 2.00 e. The van der Waals surface area contributed by atoms with E-state index in [1.807, 2.05) is 47.9 Å². The average Bonchev–Trinajstić information content (AvgIpc) is 3.07. The molecule has 2 amide bonds. The molecule has 0 unspecified atom stereocenters. The number of hydrogen-bond acceptors (Lipinski definition) is 10. The molecule has 2 heterocycles.